The molecule has 1 heterocycles. The van der Waals surface area contributed by atoms with E-state index in [9.17, 15) is 9.59 Å². The fourth-order valence-electron chi connectivity index (χ4n) is 2.74. The Kier molecular flexibility index (Phi) is 4.61. The fourth-order valence-corrected chi connectivity index (χ4v) is 2.74. The number of carbonyl (C=O) groups excluding carboxylic acids is 1. The van der Waals surface area contributed by atoms with Crippen LogP contribution < -0.4 is 15.8 Å². The van der Waals surface area contributed by atoms with E-state index in [4.69, 9.17) is 9.15 Å². The van der Waals surface area contributed by atoms with Crippen molar-refractivity contribution in [3.05, 3.63) is 58.6 Å². The topological polar surface area (TPSA) is 73.5 Å². The van der Waals surface area contributed by atoms with Crippen LogP contribution in [-0.2, 0) is 0 Å². The van der Waals surface area contributed by atoms with Crippen LogP contribution in [0.4, 0.5) is 5.69 Å². The highest BCUT2D eigenvalue weighted by atomic mass is 16.5. The highest BCUT2D eigenvalue weighted by Crippen LogP contribution is 2.23. The van der Waals surface area contributed by atoms with Gasteiger partial charge in [-0.1, -0.05) is 12.1 Å². The number of oxazole rings is 1. The van der Waals surface area contributed by atoms with Crippen LogP contribution in [0, 0.1) is 0 Å². The molecule has 3 rings (SSSR count). The molecule has 0 spiro atoms. The maximum Gasteiger partial charge on any atom is 0.420 e. The Labute approximate surface area is 145 Å². The van der Waals surface area contributed by atoms with Gasteiger partial charge in [0.2, 0.25) is 0 Å². The van der Waals surface area contributed by atoms with Crippen LogP contribution in [0.3, 0.4) is 0 Å². The smallest absolute Gasteiger partial charge is 0.420 e. The lowest BCUT2D eigenvalue weighted by Crippen LogP contribution is -2.16. The Morgan fingerprint density at radius 2 is 2.00 bits per heavy atom. The number of aromatic nitrogens is 1. The van der Waals surface area contributed by atoms with E-state index in [2.05, 4.69) is 5.32 Å². The number of anilines is 1. The summed E-state index contributed by atoms with van der Waals surface area (Å²) >= 11 is 0. The molecule has 25 heavy (non-hydrogen) atoms. The van der Waals surface area contributed by atoms with Gasteiger partial charge < -0.3 is 14.5 Å². The molecule has 0 unspecified atom stereocenters. The van der Waals surface area contributed by atoms with Crippen LogP contribution >= 0.6 is 0 Å². The number of fused-ring (bicyclic) bond motifs is 1. The minimum absolute atomic E-state index is 0.00717. The number of rotatable bonds is 5. The molecule has 0 fully saturated rings. The first-order valence-electron chi connectivity index (χ1n) is 8.19. The van der Waals surface area contributed by atoms with Crippen molar-refractivity contribution >= 4 is 22.7 Å². The third-order valence-corrected chi connectivity index (χ3v) is 3.82. The number of para-hydroxylation sites is 1. The van der Waals surface area contributed by atoms with Crippen LogP contribution in [0.5, 0.6) is 5.75 Å². The number of benzene rings is 2. The first kappa shape index (κ1) is 16.8. The monoisotopic (exact) mass is 340 g/mol. The predicted molar refractivity (Wildman–Crippen MR) is 96.4 cm³/mol. The van der Waals surface area contributed by atoms with Gasteiger partial charge in [-0.15, -0.1) is 0 Å². The maximum atomic E-state index is 12.5. The number of ether oxygens (including phenoxy) is 1. The van der Waals surface area contributed by atoms with Crippen LogP contribution in [-0.4, -0.2) is 17.1 Å². The van der Waals surface area contributed by atoms with Gasteiger partial charge in [0.15, 0.2) is 5.58 Å². The molecule has 3 aromatic rings. The zero-order valence-corrected chi connectivity index (χ0v) is 14.4. The van der Waals surface area contributed by atoms with Crippen LogP contribution in [0.15, 0.2) is 51.7 Å². The Hall–Kier alpha value is -3.02. The highest BCUT2D eigenvalue weighted by molar-refractivity contribution is 6.06. The van der Waals surface area contributed by atoms with Crippen molar-refractivity contribution in [1.29, 1.82) is 0 Å². The molecule has 1 aromatic heterocycles. The van der Waals surface area contributed by atoms with Gasteiger partial charge in [0, 0.05) is 17.8 Å². The van der Waals surface area contributed by atoms with Gasteiger partial charge in [-0.25, -0.2) is 4.79 Å². The van der Waals surface area contributed by atoms with Gasteiger partial charge in [0.25, 0.3) is 5.91 Å². The second-order valence-corrected chi connectivity index (χ2v) is 5.90. The third kappa shape index (κ3) is 3.28. The number of amides is 1. The summed E-state index contributed by atoms with van der Waals surface area (Å²) in [5.74, 6) is -0.162. The fraction of sp³-hybridized carbons (Fsp3) is 0.263. The molecule has 0 saturated carbocycles. The van der Waals surface area contributed by atoms with Crippen LogP contribution in [0.2, 0.25) is 0 Å². The molecular formula is C19H20N2O4. The van der Waals surface area contributed by atoms with Crippen molar-refractivity contribution in [2.75, 3.05) is 11.9 Å². The van der Waals surface area contributed by atoms with E-state index < -0.39 is 5.76 Å². The Morgan fingerprint density at radius 3 is 2.72 bits per heavy atom. The summed E-state index contributed by atoms with van der Waals surface area (Å²) in [7, 11) is 0. The first-order chi connectivity index (χ1) is 12.0. The van der Waals surface area contributed by atoms with E-state index in [0.29, 0.717) is 34.7 Å². The molecule has 6 heteroatoms. The molecule has 1 amide bonds. The molecule has 0 atom stereocenters. The molecule has 0 aliphatic heterocycles. The zero-order chi connectivity index (χ0) is 18.0. The summed E-state index contributed by atoms with van der Waals surface area (Å²) in [5.41, 5.74) is 2.14. The average Bonchev–Trinajstić information content (AvgIpc) is 2.90. The lowest BCUT2D eigenvalue weighted by atomic mass is 10.1. The van der Waals surface area contributed by atoms with Crippen molar-refractivity contribution in [2.45, 2.75) is 26.8 Å². The number of nitrogens with zero attached hydrogens (tertiary/aromatic N) is 1. The lowest BCUT2D eigenvalue weighted by molar-refractivity contribution is 0.102. The summed E-state index contributed by atoms with van der Waals surface area (Å²) in [6.07, 6.45) is 0. The van der Waals surface area contributed by atoms with E-state index in [-0.39, 0.29) is 11.9 Å². The Bertz CT molecular complexity index is 969. The standard InChI is InChI=1S/C19H20N2O4/c1-4-24-16-8-6-5-7-14(16)18(22)20-13-9-10-15-17(11-13)25-19(23)21(15)12(2)3/h5-12H,4H2,1-3H3,(H,20,22). The third-order valence-electron chi connectivity index (χ3n) is 3.82. The van der Waals surface area contributed by atoms with Crippen molar-refractivity contribution in [3.63, 3.8) is 0 Å². The van der Waals surface area contributed by atoms with Gasteiger partial charge in [0.1, 0.15) is 5.75 Å². The summed E-state index contributed by atoms with van der Waals surface area (Å²) in [5, 5.41) is 2.82. The first-order valence-corrected chi connectivity index (χ1v) is 8.19. The van der Waals surface area contributed by atoms with Crippen LogP contribution in [0.25, 0.3) is 11.1 Å². The van der Waals surface area contributed by atoms with Gasteiger partial charge in [-0.2, -0.15) is 0 Å². The largest absolute Gasteiger partial charge is 0.493 e. The lowest BCUT2D eigenvalue weighted by Gasteiger charge is -2.10. The number of nitrogens with one attached hydrogen (secondary N) is 1. The quantitative estimate of drug-likeness (QED) is 0.766. The van der Waals surface area contributed by atoms with Crippen LogP contribution in [0.1, 0.15) is 37.2 Å². The molecule has 0 bridgehead atoms. The Balaban J connectivity index is 1.91. The van der Waals surface area contributed by atoms with E-state index in [1.165, 1.54) is 0 Å². The van der Waals surface area contributed by atoms with E-state index in [1.807, 2.05) is 26.8 Å². The minimum atomic E-state index is -0.407. The van der Waals surface area contributed by atoms with Gasteiger partial charge in [-0.3, -0.25) is 9.36 Å². The predicted octanol–water partition coefficient (Wildman–Crippen LogP) is 3.83. The highest BCUT2D eigenvalue weighted by Gasteiger charge is 2.15. The maximum absolute atomic E-state index is 12.5. The van der Waals surface area contributed by atoms with Crippen molar-refractivity contribution in [3.8, 4) is 5.75 Å². The molecule has 0 aliphatic rings. The normalized spacial score (nSPS) is 11.0. The molecule has 130 valence electrons. The minimum Gasteiger partial charge on any atom is -0.493 e. The number of hydrogen-bond donors (Lipinski definition) is 1. The summed E-state index contributed by atoms with van der Waals surface area (Å²) in [6.45, 7) is 6.17. The second kappa shape index (κ2) is 6.84. The molecule has 2 aromatic carbocycles. The van der Waals surface area contributed by atoms with E-state index in [0.717, 1.165) is 0 Å². The summed E-state index contributed by atoms with van der Waals surface area (Å²) < 4.78 is 12.3. The van der Waals surface area contributed by atoms with Gasteiger partial charge in [-0.05, 0) is 45.0 Å². The number of carbonyl (C=O) groups is 1. The second-order valence-electron chi connectivity index (χ2n) is 5.90. The molecule has 6 nitrogen and oxygen atoms in total. The molecule has 1 N–H and O–H groups in total. The summed E-state index contributed by atoms with van der Waals surface area (Å²) in [6, 6.07) is 12.2. The Morgan fingerprint density at radius 1 is 1.24 bits per heavy atom. The molecule has 0 saturated heterocycles. The van der Waals surface area contributed by atoms with Crippen molar-refractivity contribution in [2.24, 2.45) is 0 Å². The molecule has 0 aliphatic carbocycles. The average molecular weight is 340 g/mol. The van der Waals surface area contributed by atoms with Gasteiger partial charge >= 0.3 is 5.76 Å². The molecular weight excluding hydrogens is 320 g/mol. The zero-order valence-electron chi connectivity index (χ0n) is 14.4. The van der Waals surface area contributed by atoms with Crippen molar-refractivity contribution < 1.29 is 13.9 Å². The number of hydrogen-bond acceptors (Lipinski definition) is 4. The van der Waals surface area contributed by atoms with E-state index in [1.54, 1.807) is 41.0 Å². The summed E-state index contributed by atoms with van der Waals surface area (Å²) in [4.78, 5) is 24.5. The SMILES string of the molecule is CCOc1ccccc1C(=O)Nc1ccc2c(c1)oc(=O)n2C(C)C. The van der Waals surface area contributed by atoms with Gasteiger partial charge in [0.05, 0.1) is 17.7 Å². The van der Waals surface area contributed by atoms with E-state index >= 15 is 0 Å². The van der Waals surface area contributed by atoms with Crippen molar-refractivity contribution in [1.82, 2.24) is 4.57 Å². The molecule has 0 radical (unpaired) electrons.